The summed E-state index contributed by atoms with van der Waals surface area (Å²) < 4.78 is 0. The smallest absolute Gasteiger partial charge is 0.220 e. The molecule has 1 heterocycles. The highest BCUT2D eigenvalue weighted by Crippen LogP contribution is 2.06. The fourth-order valence-corrected chi connectivity index (χ4v) is 1.59. The van der Waals surface area contributed by atoms with Crippen molar-refractivity contribution in [2.75, 3.05) is 19.6 Å². The van der Waals surface area contributed by atoms with E-state index in [2.05, 4.69) is 24.5 Å². The van der Waals surface area contributed by atoms with Gasteiger partial charge in [-0.2, -0.15) is 0 Å². The Labute approximate surface area is 80.3 Å². The van der Waals surface area contributed by atoms with Crippen molar-refractivity contribution in [1.29, 1.82) is 0 Å². The van der Waals surface area contributed by atoms with Crippen LogP contribution in [0.25, 0.3) is 0 Å². The molecule has 13 heavy (non-hydrogen) atoms. The van der Waals surface area contributed by atoms with Gasteiger partial charge in [-0.15, -0.1) is 0 Å². The summed E-state index contributed by atoms with van der Waals surface area (Å²) in [5.74, 6) is 1.31. The quantitative estimate of drug-likeness (QED) is 0.677. The molecule has 1 amide bonds. The topological polar surface area (TPSA) is 41.1 Å². The minimum atomic E-state index is 0.196. The molecule has 2 N–H and O–H groups in total. The molecule has 0 aromatic heterocycles. The lowest BCUT2D eigenvalue weighted by atomic mass is 10.1. The lowest BCUT2D eigenvalue weighted by Gasteiger charge is -2.10. The molecule has 0 bridgehead atoms. The molecular formula is C10H20N2O. The number of carbonyl (C=O) groups excluding carboxylic acids is 1. The van der Waals surface area contributed by atoms with Gasteiger partial charge in [-0.1, -0.05) is 13.8 Å². The van der Waals surface area contributed by atoms with Crippen LogP contribution in [0.3, 0.4) is 0 Å². The van der Waals surface area contributed by atoms with E-state index in [1.165, 1.54) is 6.42 Å². The molecule has 0 aromatic rings. The maximum atomic E-state index is 11.3. The van der Waals surface area contributed by atoms with Crippen molar-refractivity contribution in [3.8, 4) is 0 Å². The summed E-state index contributed by atoms with van der Waals surface area (Å²) in [5, 5.41) is 6.26. The van der Waals surface area contributed by atoms with Crippen molar-refractivity contribution >= 4 is 5.91 Å². The summed E-state index contributed by atoms with van der Waals surface area (Å²) in [7, 11) is 0. The number of rotatable bonds is 4. The van der Waals surface area contributed by atoms with Crippen LogP contribution in [0.2, 0.25) is 0 Å². The summed E-state index contributed by atoms with van der Waals surface area (Å²) in [6, 6.07) is 0. The Bertz CT molecular complexity index is 162. The van der Waals surface area contributed by atoms with E-state index in [1.54, 1.807) is 0 Å². The van der Waals surface area contributed by atoms with E-state index in [1.807, 2.05) is 0 Å². The highest BCUT2D eigenvalue weighted by atomic mass is 16.1. The minimum Gasteiger partial charge on any atom is -0.356 e. The Hall–Kier alpha value is -0.570. The summed E-state index contributed by atoms with van der Waals surface area (Å²) in [6.07, 6.45) is 1.85. The fraction of sp³-hybridized carbons (Fsp3) is 0.900. The fourth-order valence-electron chi connectivity index (χ4n) is 1.59. The SMILES string of the molecule is CC(C)CC(=O)NC[C@@H]1CCNC1. The van der Waals surface area contributed by atoms with E-state index in [9.17, 15) is 4.79 Å². The number of nitrogens with one attached hydrogen (secondary N) is 2. The molecule has 0 saturated carbocycles. The van der Waals surface area contributed by atoms with E-state index in [4.69, 9.17) is 0 Å². The molecular weight excluding hydrogens is 164 g/mol. The van der Waals surface area contributed by atoms with Crippen molar-refractivity contribution in [3.05, 3.63) is 0 Å². The molecule has 1 atom stereocenters. The van der Waals surface area contributed by atoms with Gasteiger partial charge in [0.15, 0.2) is 0 Å². The first-order chi connectivity index (χ1) is 6.18. The van der Waals surface area contributed by atoms with E-state index in [0.29, 0.717) is 18.3 Å². The van der Waals surface area contributed by atoms with Gasteiger partial charge in [0.1, 0.15) is 0 Å². The molecule has 76 valence electrons. The second kappa shape index (κ2) is 5.22. The maximum Gasteiger partial charge on any atom is 0.220 e. The predicted molar refractivity (Wildman–Crippen MR) is 53.4 cm³/mol. The van der Waals surface area contributed by atoms with Gasteiger partial charge in [0.05, 0.1) is 0 Å². The zero-order valence-corrected chi connectivity index (χ0v) is 8.60. The molecule has 1 rings (SSSR count). The standard InChI is InChI=1S/C10H20N2O/c1-8(2)5-10(13)12-7-9-3-4-11-6-9/h8-9,11H,3-7H2,1-2H3,(H,12,13)/t9-/m1/s1. The average Bonchev–Trinajstić information content (AvgIpc) is 2.51. The van der Waals surface area contributed by atoms with Gasteiger partial charge in [-0.3, -0.25) is 4.79 Å². The monoisotopic (exact) mass is 184 g/mol. The largest absolute Gasteiger partial charge is 0.356 e. The van der Waals surface area contributed by atoms with Crippen LogP contribution in [0.5, 0.6) is 0 Å². The molecule has 0 unspecified atom stereocenters. The lowest BCUT2D eigenvalue weighted by molar-refractivity contribution is -0.121. The Morgan fingerprint density at radius 1 is 1.62 bits per heavy atom. The zero-order valence-electron chi connectivity index (χ0n) is 8.60. The summed E-state index contributed by atoms with van der Waals surface area (Å²) in [5.41, 5.74) is 0. The Morgan fingerprint density at radius 3 is 2.92 bits per heavy atom. The lowest BCUT2D eigenvalue weighted by Crippen LogP contribution is -2.30. The number of hydrogen-bond donors (Lipinski definition) is 2. The molecule has 1 fully saturated rings. The van der Waals surface area contributed by atoms with Crippen molar-refractivity contribution in [2.24, 2.45) is 11.8 Å². The Balaban J connectivity index is 2.07. The number of carbonyl (C=O) groups is 1. The van der Waals surface area contributed by atoms with E-state index >= 15 is 0 Å². The predicted octanol–water partition coefficient (Wildman–Crippen LogP) is 0.758. The molecule has 0 aliphatic carbocycles. The maximum absolute atomic E-state index is 11.3. The first kappa shape index (κ1) is 10.5. The second-order valence-electron chi connectivity index (χ2n) is 4.26. The van der Waals surface area contributed by atoms with Crippen molar-refractivity contribution in [1.82, 2.24) is 10.6 Å². The van der Waals surface area contributed by atoms with Crippen LogP contribution in [0.1, 0.15) is 26.7 Å². The van der Waals surface area contributed by atoms with Crippen LogP contribution in [0, 0.1) is 11.8 Å². The molecule has 3 heteroatoms. The zero-order chi connectivity index (χ0) is 9.68. The third kappa shape index (κ3) is 4.27. The minimum absolute atomic E-state index is 0.196. The molecule has 1 saturated heterocycles. The van der Waals surface area contributed by atoms with Crippen LogP contribution in [-0.2, 0) is 4.79 Å². The molecule has 1 aliphatic rings. The summed E-state index contributed by atoms with van der Waals surface area (Å²) >= 11 is 0. The normalized spacial score (nSPS) is 22.2. The first-order valence-electron chi connectivity index (χ1n) is 5.16. The van der Waals surface area contributed by atoms with Crippen LogP contribution >= 0.6 is 0 Å². The second-order valence-corrected chi connectivity index (χ2v) is 4.26. The van der Waals surface area contributed by atoms with E-state index in [0.717, 1.165) is 19.6 Å². The van der Waals surface area contributed by atoms with Gasteiger partial charge in [0, 0.05) is 13.0 Å². The summed E-state index contributed by atoms with van der Waals surface area (Å²) in [6.45, 7) is 7.14. The van der Waals surface area contributed by atoms with Crippen molar-refractivity contribution in [2.45, 2.75) is 26.7 Å². The molecule has 3 nitrogen and oxygen atoms in total. The van der Waals surface area contributed by atoms with Crippen molar-refractivity contribution < 1.29 is 4.79 Å². The van der Waals surface area contributed by atoms with Gasteiger partial charge in [-0.25, -0.2) is 0 Å². The molecule has 0 spiro atoms. The third-order valence-corrected chi connectivity index (χ3v) is 2.34. The molecule has 0 aromatic carbocycles. The van der Waals surface area contributed by atoms with Crippen LogP contribution in [0.4, 0.5) is 0 Å². The highest BCUT2D eigenvalue weighted by molar-refractivity contribution is 5.76. The van der Waals surface area contributed by atoms with Gasteiger partial charge in [0.2, 0.25) is 5.91 Å². The van der Waals surface area contributed by atoms with E-state index in [-0.39, 0.29) is 5.91 Å². The Kier molecular flexibility index (Phi) is 4.22. The van der Waals surface area contributed by atoms with Crippen molar-refractivity contribution in [3.63, 3.8) is 0 Å². The van der Waals surface area contributed by atoms with E-state index < -0.39 is 0 Å². The summed E-state index contributed by atoms with van der Waals surface area (Å²) in [4.78, 5) is 11.3. The molecule has 1 aliphatic heterocycles. The highest BCUT2D eigenvalue weighted by Gasteiger charge is 2.15. The number of amides is 1. The number of hydrogen-bond acceptors (Lipinski definition) is 2. The van der Waals surface area contributed by atoms with Gasteiger partial charge < -0.3 is 10.6 Å². The third-order valence-electron chi connectivity index (χ3n) is 2.34. The van der Waals surface area contributed by atoms with Gasteiger partial charge in [0.25, 0.3) is 0 Å². The van der Waals surface area contributed by atoms with Crippen LogP contribution in [-0.4, -0.2) is 25.5 Å². The Morgan fingerprint density at radius 2 is 2.38 bits per heavy atom. The average molecular weight is 184 g/mol. The molecule has 0 radical (unpaired) electrons. The van der Waals surface area contributed by atoms with Crippen LogP contribution in [0.15, 0.2) is 0 Å². The first-order valence-corrected chi connectivity index (χ1v) is 5.16. The van der Waals surface area contributed by atoms with Gasteiger partial charge in [-0.05, 0) is 31.3 Å². The van der Waals surface area contributed by atoms with Gasteiger partial charge >= 0.3 is 0 Å². The van der Waals surface area contributed by atoms with Crippen LogP contribution < -0.4 is 10.6 Å².